The first-order valence-electron chi connectivity index (χ1n) is 5.38. The summed E-state index contributed by atoms with van der Waals surface area (Å²) in [5.41, 5.74) is 0. The second-order valence-corrected chi connectivity index (χ2v) is 6.88. The minimum atomic E-state index is -0.487. The SMILES string of the molecule is C=CC=C.c1cc[c]([Sm][c]2ccccc2)cc1. The molecule has 17 heavy (non-hydrogen) atoms. The Bertz CT molecular complexity index is 388. The Morgan fingerprint density at radius 1 is 0.647 bits per heavy atom. The van der Waals surface area contributed by atoms with Crippen molar-refractivity contribution < 1.29 is 36.3 Å². The molecule has 0 radical (unpaired) electrons. The predicted octanol–water partition coefficient (Wildman–Crippen LogP) is 3.08. The van der Waals surface area contributed by atoms with Crippen molar-refractivity contribution in [1.82, 2.24) is 0 Å². The number of hydrogen-bond acceptors (Lipinski definition) is 0. The molecule has 2 aromatic rings. The first kappa shape index (κ1) is 14.3. The van der Waals surface area contributed by atoms with E-state index in [2.05, 4.69) is 73.8 Å². The molecule has 0 aromatic heterocycles. The second kappa shape index (κ2) is 9.30. The van der Waals surface area contributed by atoms with Crippen LogP contribution in [0.25, 0.3) is 0 Å². The third-order valence-corrected chi connectivity index (χ3v) is 5.15. The summed E-state index contributed by atoms with van der Waals surface area (Å²) in [6.45, 7) is 6.72. The van der Waals surface area contributed by atoms with Gasteiger partial charge in [-0.25, -0.2) is 0 Å². The van der Waals surface area contributed by atoms with Crippen molar-refractivity contribution in [3.63, 3.8) is 0 Å². The van der Waals surface area contributed by atoms with Crippen molar-refractivity contribution in [2.75, 3.05) is 0 Å². The van der Waals surface area contributed by atoms with Gasteiger partial charge in [-0.1, -0.05) is 25.3 Å². The molecule has 86 valence electrons. The molecule has 0 aliphatic heterocycles. The fourth-order valence-corrected chi connectivity index (χ4v) is 3.87. The van der Waals surface area contributed by atoms with Crippen LogP contribution >= 0.6 is 0 Å². The van der Waals surface area contributed by atoms with Gasteiger partial charge in [-0.15, -0.1) is 0 Å². The molecule has 0 spiro atoms. The first-order valence-corrected chi connectivity index (χ1v) is 8.00. The predicted molar refractivity (Wildman–Crippen MR) is 72.5 cm³/mol. The Morgan fingerprint density at radius 2 is 1.00 bits per heavy atom. The van der Waals surface area contributed by atoms with Crippen molar-refractivity contribution in [2.24, 2.45) is 0 Å². The van der Waals surface area contributed by atoms with Gasteiger partial charge in [0, 0.05) is 0 Å². The van der Waals surface area contributed by atoms with Crippen LogP contribution in [0, 0.1) is 36.3 Å². The van der Waals surface area contributed by atoms with Crippen molar-refractivity contribution in [1.29, 1.82) is 0 Å². The number of rotatable bonds is 3. The molecule has 2 rings (SSSR count). The minimum absolute atomic E-state index is 0.487. The standard InChI is InChI=1S/2C6H5.C4H6.Sm/c2*1-2-4-6-5-3-1;1-3-4-2;/h2*1-5H;3-4H,1-2H2;. The van der Waals surface area contributed by atoms with E-state index in [1.807, 2.05) is 0 Å². The Kier molecular flexibility index (Phi) is 7.84. The quantitative estimate of drug-likeness (QED) is 0.740. The van der Waals surface area contributed by atoms with Gasteiger partial charge in [0.2, 0.25) is 0 Å². The molecular formula is C16H16Sm. The fourth-order valence-electron chi connectivity index (χ4n) is 1.11. The molecule has 0 saturated carbocycles. The molecule has 0 saturated heterocycles. The number of benzene rings is 2. The average molecular weight is 359 g/mol. The molecule has 0 heterocycles. The van der Waals surface area contributed by atoms with Crippen LogP contribution in [0.4, 0.5) is 0 Å². The molecule has 0 bridgehead atoms. The van der Waals surface area contributed by atoms with Crippen LogP contribution in [0.1, 0.15) is 0 Å². The summed E-state index contributed by atoms with van der Waals surface area (Å²) in [6.07, 6.45) is 3.28. The van der Waals surface area contributed by atoms with E-state index >= 15 is 0 Å². The van der Waals surface area contributed by atoms with Crippen LogP contribution in [-0.2, 0) is 0 Å². The molecule has 0 N–H and O–H groups in total. The summed E-state index contributed by atoms with van der Waals surface area (Å²) in [6, 6.07) is 21.6. The van der Waals surface area contributed by atoms with Gasteiger partial charge in [0.05, 0.1) is 0 Å². The normalized spacial score (nSPS) is 8.71. The van der Waals surface area contributed by atoms with Crippen LogP contribution in [-0.4, -0.2) is 0 Å². The van der Waals surface area contributed by atoms with Gasteiger partial charge >= 0.3 is 99.5 Å². The van der Waals surface area contributed by atoms with Crippen molar-refractivity contribution in [3.05, 3.63) is 86.0 Å². The van der Waals surface area contributed by atoms with E-state index in [4.69, 9.17) is 0 Å². The number of allylic oxidation sites excluding steroid dienone is 2. The van der Waals surface area contributed by atoms with Gasteiger partial charge in [-0.05, 0) is 0 Å². The molecule has 0 aliphatic rings. The summed E-state index contributed by atoms with van der Waals surface area (Å²) >= 11 is -0.487. The molecule has 0 fully saturated rings. The van der Waals surface area contributed by atoms with Gasteiger partial charge in [-0.3, -0.25) is 0 Å². The van der Waals surface area contributed by atoms with Crippen LogP contribution in [0.5, 0.6) is 0 Å². The molecular weight excluding hydrogens is 343 g/mol. The van der Waals surface area contributed by atoms with Gasteiger partial charge in [-0.2, -0.15) is 0 Å². The molecule has 1 heteroatoms. The van der Waals surface area contributed by atoms with Crippen LogP contribution < -0.4 is 2.56 Å². The van der Waals surface area contributed by atoms with Gasteiger partial charge < -0.3 is 0 Å². The Labute approximate surface area is 124 Å². The summed E-state index contributed by atoms with van der Waals surface area (Å²) < 4.78 is 3.07. The zero-order valence-electron chi connectivity index (χ0n) is 9.75. The molecule has 0 unspecified atom stereocenters. The molecule has 2 aromatic carbocycles. The summed E-state index contributed by atoms with van der Waals surface area (Å²) in [7, 11) is 0. The van der Waals surface area contributed by atoms with E-state index in [0.717, 1.165) is 0 Å². The van der Waals surface area contributed by atoms with E-state index in [-0.39, 0.29) is 0 Å². The van der Waals surface area contributed by atoms with Crippen molar-refractivity contribution in [2.45, 2.75) is 0 Å². The third-order valence-electron chi connectivity index (χ3n) is 1.89. The van der Waals surface area contributed by atoms with E-state index in [0.29, 0.717) is 0 Å². The fraction of sp³-hybridized carbons (Fsp3) is 0. The zero-order valence-corrected chi connectivity index (χ0v) is 12.4. The number of hydrogen-bond donors (Lipinski definition) is 0. The van der Waals surface area contributed by atoms with Crippen molar-refractivity contribution >= 4 is 2.56 Å². The monoisotopic (exact) mass is 360 g/mol. The van der Waals surface area contributed by atoms with Gasteiger partial charge in [0.15, 0.2) is 0 Å². The Balaban J connectivity index is 0.000000317. The second-order valence-electron chi connectivity index (χ2n) is 3.20. The summed E-state index contributed by atoms with van der Waals surface area (Å²) in [5.74, 6) is 0. The molecule has 0 atom stereocenters. The van der Waals surface area contributed by atoms with E-state index in [1.54, 1.807) is 12.2 Å². The molecule has 0 amide bonds. The topological polar surface area (TPSA) is 0 Å². The van der Waals surface area contributed by atoms with Gasteiger partial charge in [0.25, 0.3) is 0 Å². The van der Waals surface area contributed by atoms with E-state index < -0.39 is 36.3 Å². The van der Waals surface area contributed by atoms with Crippen LogP contribution in [0.2, 0.25) is 0 Å². The van der Waals surface area contributed by atoms with Crippen LogP contribution in [0.15, 0.2) is 86.0 Å². The van der Waals surface area contributed by atoms with Gasteiger partial charge in [0.1, 0.15) is 0 Å². The maximum absolute atomic E-state index is 3.36. The molecule has 0 nitrogen and oxygen atoms in total. The zero-order chi connectivity index (χ0) is 12.3. The summed E-state index contributed by atoms with van der Waals surface area (Å²) in [4.78, 5) is 0. The van der Waals surface area contributed by atoms with E-state index in [9.17, 15) is 0 Å². The van der Waals surface area contributed by atoms with E-state index in [1.165, 1.54) is 2.56 Å². The van der Waals surface area contributed by atoms with Crippen molar-refractivity contribution in [3.8, 4) is 0 Å². The van der Waals surface area contributed by atoms with Crippen LogP contribution in [0.3, 0.4) is 0 Å². The Morgan fingerprint density at radius 3 is 1.29 bits per heavy atom. The third kappa shape index (κ3) is 6.53. The summed E-state index contributed by atoms with van der Waals surface area (Å²) in [5, 5.41) is 0. The first-order chi connectivity index (χ1) is 8.36. The molecule has 0 aliphatic carbocycles. The maximum atomic E-state index is 3.36. The Hall–Kier alpha value is -0.742. The average Bonchev–Trinajstić information content (AvgIpc) is 2.41.